The highest BCUT2D eigenvalue weighted by Crippen LogP contribution is 2.57. The van der Waals surface area contributed by atoms with Crippen molar-refractivity contribution in [3.63, 3.8) is 0 Å². The van der Waals surface area contributed by atoms with Crippen LogP contribution < -0.4 is 5.32 Å². The molecule has 1 amide bonds. The number of hydrogen-bond donors (Lipinski definition) is 7. The van der Waals surface area contributed by atoms with E-state index in [9.17, 15) is 44.7 Å². The number of nitrogens with one attached hydrogen (secondary N) is 1. The predicted octanol–water partition coefficient (Wildman–Crippen LogP) is 4.31. The van der Waals surface area contributed by atoms with E-state index in [-0.39, 0.29) is 35.5 Å². The van der Waals surface area contributed by atoms with Crippen LogP contribution in [-0.2, 0) is 24.8 Å². The van der Waals surface area contributed by atoms with Gasteiger partial charge >= 0.3 is 5.97 Å². The third-order valence-electron chi connectivity index (χ3n) is 11.2. The van der Waals surface area contributed by atoms with Gasteiger partial charge in [-0.25, -0.2) is 0 Å². The number of Topliss-reactive ketones (excluding diaryl/α,β-unsaturated/α-hetero) is 2. The molecule has 1 unspecified atom stereocenters. The van der Waals surface area contributed by atoms with Gasteiger partial charge in [-0.2, -0.15) is 0 Å². The topological polar surface area (TPSA) is 208 Å². The van der Waals surface area contributed by atoms with E-state index in [0.29, 0.717) is 6.42 Å². The Bertz CT molecular complexity index is 1560. The highest BCUT2D eigenvalue weighted by Gasteiger charge is 2.66. The molecular weight excluding hydrogens is 670 g/mol. The van der Waals surface area contributed by atoms with E-state index in [1.807, 2.05) is 4.90 Å². The van der Waals surface area contributed by atoms with E-state index in [1.165, 1.54) is 75.0 Å². The first kappa shape index (κ1) is 41.0. The number of rotatable bonds is 14. The molecule has 5 rings (SSSR count). The van der Waals surface area contributed by atoms with Crippen molar-refractivity contribution in [2.45, 2.75) is 115 Å². The average molecular weight is 728 g/mol. The van der Waals surface area contributed by atoms with Crippen molar-refractivity contribution < 1.29 is 49.8 Å². The van der Waals surface area contributed by atoms with Gasteiger partial charge in [-0.1, -0.05) is 70.4 Å². The number of phenols is 1. The Kier molecular flexibility index (Phi) is 13.7. The summed E-state index contributed by atoms with van der Waals surface area (Å²) in [6, 6.07) is 3.12. The zero-order valence-electron chi connectivity index (χ0n) is 31.0. The Morgan fingerprint density at radius 3 is 2.12 bits per heavy atom. The number of aliphatic hydroxyl groups is 4. The number of carboxylic acid groups (broad SMARTS) is 1. The number of unbranched alkanes of at least 4 members (excludes halogenated alkanes) is 8. The molecule has 4 aliphatic rings. The van der Waals surface area contributed by atoms with E-state index in [1.54, 1.807) is 14.1 Å². The fourth-order valence-corrected chi connectivity index (χ4v) is 8.28. The molecule has 13 nitrogen and oxygen atoms in total. The quantitative estimate of drug-likeness (QED) is 0.106. The van der Waals surface area contributed by atoms with E-state index in [0.717, 1.165) is 38.8 Å². The number of likely N-dealkylation sites (tertiary alicyclic amines) is 1. The molecule has 52 heavy (non-hydrogen) atoms. The van der Waals surface area contributed by atoms with Gasteiger partial charge < -0.3 is 36.0 Å². The molecule has 5 atom stereocenters. The van der Waals surface area contributed by atoms with Crippen LogP contribution in [0, 0.1) is 11.8 Å². The summed E-state index contributed by atoms with van der Waals surface area (Å²) >= 11 is 0. The van der Waals surface area contributed by atoms with E-state index in [2.05, 4.69) is 12.2 Å². The number of ketones is 2. The Morgan fingerprint density at radius 2 is 1.54 bits per heavy atom. The number of aromatic hydroxyl groups is 1. The SMILES string of the molecule is CCCCCCCCCCCC(=O)O.CN(C)[C@@H]1C(=O)C(C(=O)NCN2CCCC2)=C(O)[C@@]2(O)C(=O)C3=C(O)c4c(O)cccc4[C@@](C)(O)C3C[C@@H]12. The van der Waals surface area contributed by atoms with Gasteiger partial charge in [0.1, 0.15) is 22.8 Å². The lowest BCUT2D eigenvalue weighted by Gasteiger charge is -2.53. The number of nitrogens with zero attached hydrogens (tertiary/aromatic N) is 2. The number of carbonyl (C=O) groups is 4. The molecule has 1 saturated carbocycles. The average Bonchev–Trinajstić information content (AvgIpc) is 3.61. The molecule has 0 spiro atoms. The summed E-state index contributed by atoms with van der Waals surface area (Å²) in [5, 5.41) is 67.4. The Hall–Kier alpha value is -3.78. The van der Waals surface area contributed by atoms with E-state index in [4.69, 9.17) is 5.11 Å². The number of hydrogen-bond acceptors (Lipinski definition) is 11. The number of likely N-dealkylation sites (N-methyl/N-ethyl adjacent to an activating group) is 1. The van der Waals surface area contributed by atoms with Crippen molar-refractivity contribution >= 4 is 29.2 Å². The number of carbonyl (C=O) groups excluding carboxylic acids is 3. The van der Waals surface area contributed by atoms with Crippen LogP contribution in [0.3, 0.4) is 0 Å². The minimum Gasteiger partial charge on any atom is -0.508 e. The van der Waals surface area contributed by atoms with Crippen LogP contribution in [0.5, 0.6) is 5.75 Å². The van der Waals surface area contributed by atoms with Crippen LogP contribution in [0.25, 0.3) is 5.76 Å². The van der Waals surface area contributed by atoms with Gasteiger partial charge in [-0.05, 0) is 71.4 Å². The van der Waals surface area contributed by atoms with E-state index < -0.39 is 69.6 Å². The van der Waals surface area contributed by atoms with Crippen LogP contribution in [0.2, 0.25) is 0 Å². The first-order chi connectivity index (χ1) is 24.6. The zero-order valence-corrected chi connectivity index (χ0v) is 31.0. The minimum absolute atomic E-state index is 0.137. The second kappa shape index (κ2) is 17.4. The lowest BCUT2D eigenvalue weighted by molar-refractivity contribution is -0.159. The lowest BCUT2D eigenvalue weighted by Crippen LogP contribution is -2.67. The third-order valence-corrected chi connectivity index (χ3v) is 11.2. The molecule has 7 N–H and O–H groups in total. The van der Waals surface area contributed by atoms with Gasteiger partial charge in [0.15, 0.2) is 11.4 Å². The zero-order chi connectivity index (χ0) is 38.4. The number of benzene rings is 1. The molecule has 1 saturated heterocycles. The number of fused-ring (bicyclic) bond motifs is 3. The summed E-state index contributed by atoms with van der Waals surface area (Å²) in [4.78, 5) is 54.5. The largest absolute Gasteiger partial charge is 0.508 e. The van der Waals surface area contributed by atoms with Crippen LogP contribution >= 0.6 is 0 Å². The summed E-state index contributed by atoms with van der Waals surface area (Å²) in [6.45, 7) is 5.34. The van der Waals surface area contributed by atoms with Crippen LogP contribution in [0.15, 0.2) is 35.1 Å². The maximum atomic E-state index is 14.0. The Balaban J connectivity index is 0.000000368. The fourth-order valence-electron chi connectivity index (χ4n) is 8.28. The minimum atomic E-state index is -2.72. The summed E-state index contributed by atoms with van der Waals surface area (Å²) in [5.74, 6) is -7.83. The number of aliphatic hydroxyl groups excluding tert-OH is 2. The van der Waals surface area contributed by atoms with Gasteiger partial charge in [0, 0.05) is 23.8 Å². The number of aliphatic carboxylic acids is 1. The van der Waals surface area contributed by atoms with Gasteiger partial charge in [0.2, 0.25) is 5.78 Å². The van der Waals surface area contributed by atoms with Crippen molar-refractivity contribution in [2.24, 2.45) is 11.8 Å². The normalized spacial score (nSPS) is 27.2. The predicted molar refractivity (Wildman–Crippen MR) is 194 cm³/mol. The number of amides is 1. The molecule has 0 bridgehead atoms. The molecule has 0 aromatic heterocycles. The van der Waals surface area contributed by atoms with Crippen molar-refractivity contribution in [1.29, 1.82) is 0 Å². The first-order valence-corrected chi connectivity index (χ1v) is 18.7. The monoisotopic (exact) mass is 727 g/mol. The number of carboxylic acids is 1. The van der Waals surface area contributed by atoms with Gasteiger partial charge in [0.05, 0.1) is 23.9 Å². The standard InChI is InChI=1S/C27H33N3O8.C12H24O2/c1-26(37)13-7-6-8-16(31)17(13)21(32)18-14(26)11-15-20(29(2)3)22(33)19(24(35)27(15,38)23(18)34)25(36)28-12-30-9-4-5-10-30;1-2-3-4-5-6-7-8-9-10-11-12(13)14/h6-8,14-15,20,31-32,35,37-38H,4-5,9-12H2,1-3H3,(H,28,36);2-11H2,1H3,(H,13,14)/t14?,15-,20-,26+,27-;/m0./s1. The van der Waals surface area contributed by atoms with Crippen molar-refractivity contribution in [3.05, 3.63) is 46.2 Å². The van der Waals surface area contributed by atoms with Crippen LogP contribution in [0.4, 0.5) is 0 Å². The first-order valence-electron chi connectivity index (χ1n) is 18.7. The molecule has 13 heteroatoms. The fraction of sp³-hybridized carbons (Fsp3) is 0.641. The molecule has 1 aromatic carbocycles. The summed E-state index contributed by atoms with van der Waals surface area (Å²) < 4.78 is 0. The third kappa shape index (κ3) is 8.22. The summed E-state index contributed by atoms with van der Waals surface area (Å²) in [7, 11) is 3.12. The molecule has 1 aromatic rings. The van der Waals surface area contributed by atoms with Crippen LogP contribution in [-0.4, -0.2) is 109 Å². The molecule has 1 heterocycles. The lowest BCUT2D eigenvalue weighted by atomic mass is 9.54. The molecule has 0 radical (unpaired) electrons. The number of phenolic OH excluding ortho intramolecular Hbond substituents is 1. The molecule has 3 aliphatic carbocycles. The molecular formula is C39H57N3O10. The van der Waals surface area contributed by atoms with Crippen molar-refractivity contribution in [3.8, 4) is 5.75 Å². The Morgan fingerprint density at radius 1 is 0.942 bits per heavy atom. The highest BCUT2D eigenvalue weighted by molar-refractivity contribution is 6.25. The van der Waals surface area contributed by atoms with Gasteiger partial charge in [0.25, 0.3) is 5.91 Å². The smallest absolute Gasteiger partial charge is 0.303 e. The van der Waals surface area contributed by atoms with Gasteiger partial charge in [-0.15, -0.1) is 0 Å². The second-order valence-electron chi connectivity index (χ2n) is 15.1. The Labute approximate surface area is 306 Å². The summed E-state index contributed by atoms with van der Waals surface area (Å²) in [5.41, 5.74) is -5.54. The van der Waals surface area contributed by atoms with Crippen LogP contribution in [0.1, 0.15) is 108 Å². The van der Waals surface area contributed by atoms with Crippen molar-refractivity contribution in [1.82, 2.24) is 15.1 Å². The maximum Gasteiger partial charge on any atom is 0.303 e. The van der Waals surface area contributed by atoms with Gasteiger partial charge in [-0.3, -0.25) is 29.0 Å². The summed E-state index contributed by atoms with van der Waals surface area (Å²) in [6.07, 6.45) is 13.3. The van der Waals surface area contributed by atoms with Crippen molar-refractivity contribution in [2.75, 3.05) is 33.9 Å². The maximum absolute atomic E-state index is 14.0. The molecule has 1 aliphatic heterocycles. The molecule has 288 valence electrons. The molecule has 2 fully saturated rings. The van der Waals surface area contributed by atoms with E-state index >= 15 is 0 Å². The second-order valence-corrected chi connectivity index (χ2v) is 15.1. The highest BCUT2D eigenvalue weighted by atomic mass is 16.4.